The van der Waals surface area contributed by atoms with Gasteiger partial charge in [0.1, 0.15) is 23.7 Å². The van der Waals surface area contributed by atoms with Gasteiger partial charge in [0.2, 0.25) is 18.1 Å². The van der Waals surface area contributed by atoms with Gasteiger partial charge in [0.05, 0.1) is 6.42 Å². The highest BCUT2D eigenvalue weighted by molar-refractivity contribution is 5.92. The number of carbonyl (C=O) groups excluding carboxylic acids is 4. The Kier molecular flexibility index (Phi) is 7.45. The molecule has 2 fully saturated rings. The van der Waals surface area contributed by atoms with Crippen molar-refractivity contribution in [3.05, 3.63) is 0 Å². The van der Waals surface area contributed by atoms with Gasteiger partial charge in [0, 0.05) is 13.2 Å². The van der Waals surface area contributed by atoms with E-state index in [1.165, 1.54) is 4.90 Å². The first kappa shape index (κ1) is 22.9. The van der Waals surface area contributed by atoms with E-state index in [1.54, 1.807) is 34.6 Å². The van der Waals surface area contributed by atoms with Gasteiger partial charge in [-0.2, -0.15) is 0 Å². The lowest BCUT2D eigenvalue weighted by molar-refractivity contribution is -0.164. The first-order chi connectivity index (χ1) is 13.5. The van der Waals surface area contributed by atoms with Crippen LogP contribution in [0.5, 0.6) is 0 Å². The predicted molar refractivity (Wildman–Crippen MR) is 102 cm³/mol. The fourth-order valence-corrected chi connectivity index (χ4v) is 3.35. The van der Waals surface area contributed by atoms with Gasteiger partial charge in [-0.3, -0.25) is 14.4 Å². The third-order valence-corrected chi connectivity index (χ3v) is 4.56. The molecule has 0 saturated carbocycles. The van der Waals surface area contributed by atoms with Gasteiger partial charge in [0.25, 0.3) is 0 Å². The molecule has 29 heavy (non-hydrogen) atoms. The van der Waals surface area contributed by atoms with E-state index in [0.29, 0.717) is 26.0 Å². The van der Waals surface area contributed by atoms with Crippen molar-refractivity contribution in [2.24, 2.45) is 0 Å². The van der Waals surface area contributed by atoms with Crippen molar-refractivity contribution in [3.63, 3.8) is 0 Å². The summed E-state index contributed by atoms with van der Waals surface area (Å²) in [5.74, 6) is -1.18. The van der Waals surface area contributed by atoms with E-state index in [4.69, 9.17) is 14.2 Å². The average Bonchev–Trinajstić information content (AvgIpc) is 3.19. The molecule has 2 heterocycles. The summed E-state index contributed by atoms with van der Waals surface area (Å²) in [5.41, 5.74) is -0.680. The smallest absolute Gasteiger partial charge is 0.408 e. The topological polar surface area (TPSA) is 123 Å². The summed E-state index contributed by atoms with van der Waals surface area (Å²) < 4.78 is 15.6. The second-order valence-electron chi connectivity index (χ2n) is 8.19. The molecular weight excluding hydrogens is 382 g/mol. The Morgan fingerprint density at radius 2 is 2.00 bits per heavy atom. The minimum absolute atomic E-state index is 0.0215. The van der Waals surface area contributed by atoms with Gasteiger partial charge >= 0.3 is 12.1 Å². The highest BCUT2D eigenvalue weighted by Crippen LogP contribution is 2.21. The van der Waals surface area contributed by atoms with Crippen LogP contribution in [-0.4, -0.2) is 71.9 Å². The van der Waals surface area contributed by atoms with E-state index < -0.39 is 42.1 Å². The summed E-state index contributed by atoms with van der Waals surface area (Å²) in [6.07, 6.45) is -0.335. The molecule has 2 aliphatic rings. The monoisotopic (exact) mass is 413 g/mol. The largest absolute Gasteiger partial charge is 0.444 e. The minimum atomic E-state index is -0.842. The van der Waals surface area contributed by atoms with Crippen molar-refractivity contribution in [3.8, 4) is 0 Å². The molecule has 0 bridgehead atoms. The lowest BCUT2D eigenvalue weighted by atomic mass is 10.1. The molecule has 10 heteroatoms. The van der Waals surface area contributed by atoms with E-state index in [2.05, 4.69) is 10.6 Å². The predicted octanol–water partition coefficient (Wildman–Crippen LogP) is 0.685. The molecule has 10 nitrogen and oxygen atoms in total. The highest BCUT2D eigenvalue weighted by atomic mass is 16.7. The Bertz CT molecular complexity index is 646. The number of likely N-dealkylation sites (tertiary alicyclic amines) is 1. The van der Waals surface area contributed by atoms with Crippen molar-refractivity contribution in [1.82, 2.24) is 15.5 Å². The van der Waals surface area contributed by atoms with Gasteiger partial charge in [-0.25, -0.2) is 4.79 Å². The maximum Gasteiger partial charge on any atom is 0.408 e. The number of hydrogen-bond donors (Lipinski definition) is 2. The Morgan fingerprint density at radius 1 is 1.31 bits per heavy atom. The van der Waals surface area contributed by atoms with E-state index in [1.807, 2.05) is 0 Å². The van der Waals surface area contributed by atoms with Crippen LogP contribution < -0.4 is 10.6 Å². The summed E-state index contributed by atoms with van der Waals surface area (Å²) in [5, 5.41) is 5.27. The van der Waals surface area contributed by atoms with E-state index >= 15 is 0 Å². The van der Waals surface area contributed by atoms with Crippen molar-refractivity contribution in [2.45, 2.75) is 83.9 Å². The van der Waals surface area contributed by atoms with E-state index in [9.17, 15) is 19.2 Å². The fourth-order valence-electron chi connectivity index (χ4n) is 3.35. The van der Waals surface area contributed by atoms with Crippen molar-refractivity contribution >= 4 is 23.9 Å². The van der Waals surface area contributed by atoms with E-state index in [-0.39, 0.29) is 18.2 Å². The van der Waals surface area contributed by atoms with Gasteiger partial charge in [-0.15, -0.1) is 0 Å². The van der Waals surface area contributed by atoms with Gasteiger partial charge in [-0.05, 0) is 47.5 Å². The molecule has 0 radical (unpaired) electrons. The number of hydrogen-bond acceptors (Lipinski definition) is 7. The third kappa shape index (κ3) is 6.31. The normalized spacial score (nSPS) is 25.3. The van der Waals surface area contributed by atoms with Crippen LogP contribution in [0.25, 0.3) is 0 Å². The number of esters is 1. The van der Waals surface area contributed by atoms with Crippen LogP contribution in [0.1, 0.15) is 53.9 Å². The number of nitrogens with one attached hydrogen (secondary N) is 2. The van der Waals surface area contributed by atoms with Crippen LogP contribution >= 0.6 is 0 Å². The number of nitrogens with zero attached hydrogens (tertiary/aromatic N) is 1. The molecule has 2 saturated heterocycles. The van der Waals surface area contributed by atoms with Crippen LogP contribution in [0.3, 0.4) is 0 Å². The fraction of sp³-hybridized carbons (Fsp3) is 0.789. The maximum absolute atomic E-state index is 12.8. The highest BCUT2D eigenvalue weighted by Gasteiger charge is 2.41. The van der Waals surface area contributed by atoms with Crippen LogP contribution in [0.15, 0.2) is 0 Å². The maximum atomic E-state index is 12.8. The summed E-state index contributed by atoms with van der Waals surface area (Å²) in [6.45, 7) is 9.25. The zero-order valence-corrected chi connectivity index (χ0v) is 17.6. The molecule has 0 aromatic carbocycles. The van der Waals surface area contributed by atoms with Gasteiger partial charge in [0.15, 0.2) is 0 Å². The molecule has 2 N–H and O–H groups in total. The number of ether oxygens (including phenoxy) is 3. The summed E-state index contributed by atoms with van der Waals surface area (Å²) in [7, 11) is 0. The summed E-state index contributed by atoms with van der Waals surface area (Å²) >= 11 is 0. The van der Waals surface area contributed by atoms with Gasteiger partial charge < -0.3 is 29.7 Å². The molecule has 4 atom stereocenters. The number of amides is 3. The van der Waals surface area contributed by atoms with Crippen LogP contribution in [0.4, 0.5) is 4.79 Å². The second-order valence-corrected chi connectivity index (χ2v) is 8.19. The Balaban J connectivity index is 1.95. The number of carbonyl (C=O) groups is 4. The molecule has 0 aromatic heterocycles. The van der Waals surface area contributed by atoms with Crippen LogP contribution in [0.2, 0.25) is 0 Å². The van der Waals surface area contributed by atoms with Crippen LogP contribution in [0, 0.1) is 0 Å². The lowest BCUT2D eigenvalue weighted by Crippen LogP contribution is -2.55. The Hall–Kier alpha value is -2.36. The number of alkyl carbamates (subject to hydrolysis) is 1. The zero-order chi connectivity index (χ0) is 21.8. The molecule has 164 valence electrons. The van der Waals surface area contributed by atoms with Crippen molar-refractivity contribution < 1.29 is 33.4 Å². The molecule has 3 amide bonds. The van der Waals surface area contributed by atoms with E-state index in [0.717, 1.165) is 0 Å². The quantitative estimate of drug-likeness (QED) is 0.614. The molecule has 2 aliphatic heterocycles. The standard InChI is InChI=1S/C19H31N3O7/c1-6-27-17-12(10-14(23)28-17)21-15(24)13-8-7-9-22(13)16(25)11(2)20-18(26)29-19(3,4)5/h11-13,17H,6-10H2,1-5H3,(H,20,26)(H,21,24)/t11-,12-,13?,17?/m0/s1. The SMILES string of the molecule is CCOC1OC(=O)C[C@@H]1NC(=O)C1CCCN1C(=O)[C@H](C)NC(=O)OC(C)(C)C. The third-order valence-electron chi connectivity index (χ3n) is 4.56. The summed E-state index contributed by atoms with van der Waals surface area (Å²) in [4.78, 5) is 50.5. The molecule has 2 rings (SSSR count). The number of cyclic esters (lactones) is 1. The molecule has 0 spiro atoms. The first-order valence-electron chi connectivity index (χ1n) is 9.93. The zero-order valence-electron chi connectivity index (χ0n) is 17.6. The average molecular weight is 413 g/mol. The Labute approximate surface area is 170 Å². The Morgan fingerprint density at radius 3 is 2.62 bits per heavy atom. The van der Waals surface area contributed by atoms with Crippen LogP contribution in [-0.2, 0) is 28.6 Å². The van der Waals surface area contributed by atoms with Crippen molar-refractivity contribution in [1.29, 1.82) is 0 Å². The molecule has 2 unspecified atom stereocenters. The molecule has 0 aromatic rings. The second kappa shape index (κ2) is 9.43. The minimum Gasteiger partial charge on any atom is -0.444 e. The van der Waals surface area contributed by atoms with Gasteiger partial charge in [-0.1, -0.05) is 0 Å². The number of rotatable bonds is 6. The lowest BCUT2D eigenvalue weighted by Gasteiger charge is -2.29. The first-order valence-corrected chi connectivity index (χ1v) is 9.93. The summed E-state index contributed by atoms with van der Waals surface area (Å²) in [6, 6.07) is -2.11. The molecule has 0 aliphatic carbocycles. The van der Waals surface area contributed by atoms with Crippen molar-refractivity contribution in [2.75, 3.05) is 13.2 Å². The molecular formula is C19H31N3O7.